The van der Waals surface area contributed by atoms with Gasteiger partial charge in [-0.2, -0.15) is 0 Å². The molecule has 2 aromatic carbocycles. The minimum atomic E-state index is -0.654. The molecule has 0 aliphatic heterocycles. The van der Waals surface area contributed by atoms with Crippen LogP contribution < -0.4 is 26.4 Å². The van der Waals surface area contributed by atoms with Gasteiger partial charge in [-0.05, 0) is 99.5 Å². The molecule has 1 aromatic heterocycles. The third-order valence-electron chi connectivity index (χ3n) is 11.9. The van der Waals surface area contributed by atoms with Crippen molar-refractivity contribution in [3.63, 3.8) is 0 Å². The number of nitrogens with zero attached hydrogens (tertiary/aromatic N) is 1. The highest BCUT2D eigenvalue weighted by Crippen LogP contribution is 2.44. The number of halogens is 2. The van der Waals surface area contributed by atoms with Gasteiger partial charge < -0.3 is 31.2 Å². The molecule has 0 saturated carbocycles. The molecule has 3 unspecified atom stereocenters. The van der Waals surface area contributed by atoms with E-state index in [0.717, 1.165) is 63.0 Å². The maximum atomic E-state index is 15.3. The Hall–Kier alpha value is -4.32. The second-order valence-corrected chi connectivity index (χ2v) is 16.4. The number of pyridine rings is 1. The molecule has 4 rings (SSSR count). The maximum absolute atomic E-state index is 15.3. The molecule has 1 heterocycles. The fraction of sp³-hybridized carbons (Fsp3) is 0.551. The number of carbonyl (C=O) groups is 3. The van der Waals surface area contributed by atoms with Crippen molar-refractivity contribution < 1.29 is 28.2 Å². The minimum absolute atomic E-state index is 0.00660. The normalized spacial score (nSPS) is 14.3. The zero-order chi connectivity index (χ0) is 45.9. The summed E-state index contributed by atoms with van der Waals surface area (Å²) in [5.74, 6) is 0.320. The number of anilines is 1. The van der Waals surface area contributed by atoms with Crippen molar-refractivity contribution in [2.75, 3.05) is 39.7 Å². The Labute approximate surface area is 370 Å². The van der Waals surface area contributed by atoms with Gasteiger partial charge in [0.1, 0.15) is 11.4 Å². The first-order valence-electron chi connectivity index (χ1n) is 22.0. The van der Waals surface area contributed by atoms with Crippen molar-refractivity contribution in [2.45, 2.75) is 132 Å². The Morgan fingerprint density at radius 2 is 1.70 bits per heavy atom. The molecule has 1 aliphatic carbocycles. The van der Waals surface area contributed by atoms with Crippen LogP contribution in [0.1, 0.15) is 129 Å². The number of aryl methyl sites for hydroxylation is 1. The number of ether oxygens (including phenoxy) is 2. The standard InChI is InChI=1S/C29H30ClFN4O3.C16H33NO.C4H10O/c1-15-8-9-17-14-23(35-29(38-4)24(15)17)18-6-5-7-19(26(18)30)25-16(2)22(11-10-21(25)31)34-28(37)20(12-13-32)27(36)33-3;1-7-13(5)11-12-16(9-3,10-4)17-15(18)14(6)8-2;1-3-4-5-2/h5-7,10-12,14-15H,8-9,13,32H2,1-4H3,(H,33,36)(H,34,37);13-14H,7-12H2,1-6H3,(H,17,18);3-4H2,1-2H3/b20-12+;;. The average Bonchev–Trinajstić information content (AvgIpc) is 3.65. The first-order valence-corrected chi connectivity index (χ1v) is 22.4. The summed E-state index contributed by atoms with van der Waals surface area (Å²) in [5.41, 5.74) is 10.5. The molecule has 0 radical (unpaired) electrons. The minimum Gasteiger partial charge on any atom is -0.481 e. The Balaban J connectivity index is 0.000000465. The number of fused-ring (bicyclic) bond motifs is 1. The van der Waals surface area contributed by atoms with Gasteiger partial charge >= 0.3 is 0 Å². The molecule has 0 bridgehead atoms. The zero-order valence-electron chi connectivity index (χ0n) is 38.9. The summed E-state index contributed by atoms with van der Waals surface area (Å²) in [7, 11) is 4.73. The first kappa shape index (κ1) is 52.8. The molecule has 3 amide bonds. The Bertz CT molecular complexity index is 1930. The number of aromatic nitrogens is 1. The summed E-state index contributed by atoms with van der Waals surface area (Å²) in [6.07, 6.45) is 10.9. The predicted molar refractivity (Wildman–Crippen MR) is 250 cm³/mol. The summed E-state index contributed by atoms with van der Waals surface area (Å²) >= 11 is 6.90. The van der Waals surface area contributed by atoms with Gasteiger partial charge in [-0.1, -0.05) is 97.7 Å². The lowest BCUT2D eigenvalue weighted by atomic mass is 9.84. The van der Waals surface area contributed by atoms with Crippen LogP contribution in [0.15, 0.2) is 48.0 Å². The first-order chi connectivity index (χ1) is 29.1. The summed E-state index contributed by atoms with van der Waals surface area (Å²) in [6.45, 7) is 19.8. The molecule has 0 saturated heterocycles. The monoisotopic (exact) mass is 866 g/mol. The van der Waals surface area contributed by atoms with Crippen molar-refractivity contribution in [3.05, 3.63) is 75.6 Å². The van der Waals surface area contributed by atoms with Crippen molar-refractivity contribution in [2.24, 2.45) is 17.6 Å². The lowest BCUT2D eigenvalue weighted by Gasteiger charge is -2.35. The van der Waals surface area contributed by atoms with Crippen LogP contribution in [-0.2, 0) is 25.5 Å². The average molecular weight is 867 g/mol. The number of hydrogen-bond acceptors (Lipinski definition) is 7. The third-order valence-corrected chi connectivity index (χ3v) is 12.3. The van der Waals surface area contributed by atoms with Crippen LogP contribution in [0.3, 0.4) is 0 Å². The molecule has 5 N–H and O–H groups in total. The van der Waals surface area contributed by atoms with Crippen LogP contribution in [0, 0.1) is 24.6 Å². The number of likely N-dealkylation sites (N-methyl/N-ethyl adjacent to an activating group) is 1. The summed E-state index contributed by atoms with van der Waals surface area (Å²) < 4.78 is 25.6. The third kappa shape index (κ3) is 14.4. The molecule has 10 nitrogen and oxygen atoms in total. The lowest BCUT2D eigenvalue weighted by molar-refractivity contribution is -0.127. The topological polar surface area (TPSA) is 145 Å². The second-order valence-electron chi connectivity index (χ2n) is 16.0. The van der Waals surface area contributed by atoms with Crippen molar-refractivity contribution in [1.82, 2.24) is 15.6 Å². The molecular weight excluding hydrogens is 793 g/mol. The van der Waals surface area contributed by atoms with Gasteiger partial charge in [0.15, 0.2) is 0 Å². The van der Waals surface area contributed by atoms with Gasteiger partial charge in [-0.3, -0.25) is 14.4 Å². The van der Waals surface area contributed by atoms with E-state index in [9.17, 15) is 14.4 Å². The van der Waals surface area contributed by atoms with Crippen LogP contribution in [0.2, 0.25) is 5.02 Å². The van der Waals surface area contributed by atoms with Crippen molar-refractivity contribution in [3.8, 4) is 28.3 Å². The van der Waals surface area contributed by atoms with E-state index in [1.54, 1.807) is 33.3 Å². The smallest absolute Gasteiger partial charge is 0.260 e. The second kappa shape index (κ2) is 26.2. The quantitative estimate of drug-likeness (QED) is 0.0566. The fourth-order valence-electron chi connectivity index (χ4n) is 7.27. The number of methoxy groups -OCH3 is 2. The molecule has 61 heavy (non-hydrogen) atoms. The number of amides is 3. The van der Waals surface area contributed by atoms with Crippen molar-refractivity contribution in [1.29, 1.82) is 0 Å². The Morgan fingerprint density at radius 1 is 1.03 bits per heavy atom. The van der Waals surface area contributed by atoms with E-state index >= 15 is 4.39 Å². The van der Waals surface area contributed by atoms with E-state index in [-0.39, 0.29) is 35.0 Å². The predicted octanol–water partition coefficient (Wildman–Crippen LogP) is 10.7. The molecule has 3 aromatic rings. The number of nitrogens with one attached hydrogen (secondary N) is 3. The fourth-order valence-corrected chi connectivity index (χ4v) is 7.59. The van der Waals surface area contributed by atoms with Crippen LogP contribution in [0.5, 0.6) is 5.88 Å². The largest absolute Gasteiger partial charge is 0.481 e. The van der Waals surface area contributed by atoms with E-state index in [1.165, 1.54) is 43.7 Å². The zero-order valence-corrected chi connectivity index (χ0v) is 39.6. The number of nitrogens with two attached hydrogens (primary N) is 1. The highest BCUT2D eigenvalue weighted by molar-refractivity contribution is 6.36. The van der Waals surface area contributed by atoms with E-state index in [2.05, 4.69) is 64.4 Å². The van der Waals surface area contributed by atoms with Gasteiger partial charge in [0, 0.05) is 66.7 Å². The van der Waals surface area contributed by atoms with Crippen LogP contribution >= 0.6 is 11.6 Å². The molecule has 12 heteroatoms. The van der Waals surface area contributed by atoms with Gasteiger partial charge in [0.25, 0.3) is 11.8 Å². The number of carbonyl (C=O) groups excluding carboxylic acids is 3. The number of hydrogen-bond donors (Lipinski definition) is 4. The summed E-state index contributed by atoms with van der Waals surface area (Å²) in [4.78, 5) is 41.8. The Kier molecular flexibility index (Phi) is 22.7. The van der Waals surface area contributed by atoms with Crippen LogP contribution in [0.25, 0.3) is 22.4 Å². The van der Waals surface area contributed by atoms with E-state index < -0.39 is 17.6 Å². The molecule has 1 aliphatic rings. The SMILES string of the molecule is CCC(C)CCC(CC)(CC)NC(=O)C(C)CC.CCCOC.CNC(=O)/C(=C\CN)C(=O)Nc1ccc(F)c(-c2cccc(-c3cc4c(c(OC)n3)C(C)CC4)c2Cl)c1C. The lowest BCUT2D eigenvalue weighted by Crippen LogP contribution is -2.49. The van der Waals surface area contributed by atoms with E-state index in [1.807, 2.05) is 19.1 Å². The number of benzene rings is 2. The van der Waals surface area contributed by atoms with Gasteiger partial charge in [-0.25, -0.2) is 9.37 Å². The van der Waals surface area contributed by atoms with Crippen LogP contribution in [0.4, 0.5) is 10.1 Å². The molecular formula is C49H73ClFN5O5. The maximum Gasteiger partial charge on any atom is 0.260 e. The van der Waals surface area contributed by atoms with Crippen molar-refractivity contribution >= 4 is 35.0 Å². The number of rotatable bonds is 18. The van der Waals surface area contributed by atoms with Crippen LogP contribution in [-0.4, -0.2) is 62.7 Å². The highest BCUT2D eigenvalue weighted by atomic mass is 35.5. The van der Waals surface area contributed by atoms with Gasteiger partial charge in [-0.15, -0.1) is 0 Å². The summed E-state index contributed by atoms with van der Waals surface area (Å²) in [6, 6.07) is 10.1. The molecule has 0 fully saturated rings. The van der Waals surface area contributed by atoms with E-state index in [4.69, 9.17) is 31.8 Å². The molecule has 3 atom stereocenters. The van der Waals surface area contributed by atoms with Gasteiger partial charge in [0.05, 0.1) is 17.8 Å². The highest BCUT2D eigenvalue weighted by Gasteiger charge is 2.30. The molecule has 0 spiro atoms. The van der Waals surface area contributed by atoms with E-state index in [0.29, 0.717) is 44.9 Å². The molecule has 338 valence electrons. The summed E-state index contributed by atoms with van der Waals surface area (Å²) in [5, 5.41) is 8.76. The van der Waals surface area contributed by atoms with Gasteiger partial charge in [0.2, 0.25) is 11.8 Å². The Morgan fingerprint density at radius 3 is 2.25 bits per heavy atom.